The Bertz CT molecular complexity index is 1460. The van der Waals surface area contributed by atoms with Gasteiger partial charge in [-0.25, -0.2) is 13.2 Å². The Morgan fingerprint density at radius 3 is 1.89 bits per heavy atom. The lowest BCUT2D eigenvalue weighted by Gasteiger charge is -2.22. The first-order valence-corrected chi connectivity index (χ1v) is 12.8. The Morgan fingerprint density at radius 2 is 1.23 bits per heavy atom. The van der Waals surface area contributed by atoms with Crippen LogP contribution in [0.1, 0.15) is 0 Å². The molecule has 0 unspecified atom stereocenters. The molecule has 2 nitrogen and oxygen atoms in total. The third-order valence-electron chi connectivity index (χ3n) is 5.38. The molecule has 0 heterocycles. The van der Waals surface area contributed by atoms with Crippen molar-refractivity contribution >= 4 is 59.4 Å². The number of rotatable bonds is 5. The van der Waals surface area contributed by atoms with Gasteiger partial charge in [-0.05, 0) is 64.5 Å². The molecule has 180 valence electrons. The predicted octanol–water partition coefficient (Wildman–Crippen LogP) is 10.1. The Labute approximate surface area is 230 Å². The van der Waals surface area contributed by atoms with Crippen molar-refractivity contribution in [1.29, 1.82) is 0 Å². The zero-order valence-electron chi connectivity index (χ0n) is 18.2. The van der Waals surface area contributed by atoms with Gasteiger partial charge in [0.15, 0.2) is 0 Å². The molecule has 9 heteroatoms. The van der Waals surface area contributed by atoms with Gasteiger partial charge in [-0.15, -0.1) is 0 Å². The molecule has 0 atom stereocenters. The SMILES string of the molecule is COc1ccc(Br)cc1-c1c(OC)cc(-c2ccc(Br)cc2F)c(Cl)c1-c1cc(F)c(Br)cc1F. The minimum absolute atomic E-state index is 0.0182. The lowest BCUT2D eigenvalue weighted by atomic mass is 9.89. The summed E-state index contributed by atoms with van der Waals surface area (Å²) in [6.07, 6.45) is 0. The van der Waals surface area contributed by atoms with E-state index < -0.39 is 17.5 Å². The summed E-state index contributed by atoms with van der Waals surface area (Å²) in [5.41, 5.74) is 1.31. The van der Waals surface area contributed by atoms with Crippen LogP contribution in [-0.2, 0) is 0 Å². The Morgan fingerprint density at radius 1 is 0.600 bits per heavy atom. The van der Waals surface area contributed by atoms with E-state index in [0.29, 0.717) is 25.8 Å². The summed E-state index contributed by atoms with van der Waals surface area (Å²) in [7, 11) is 2.92. The molecule has 0 spiro atoms. The normalized spacial score (nSPS) is 11.0. The van der Waals surface area contributed by atoms with Crippen LogP contribution in [0, 0.1) is 17.5 Å². The lowest BCUT2D eigenvalue weighted by molar-refractivity contribution is 0.410. The van der Waals surface area contributed by atoms with Crippen LogP contribution < -0.4 is 9.47 Å². The fourth-order valence-electron chi connectivity index (χ4n) is 3.81. The van der Waals surface area contributed by atoms with Crippen molar-refractivity contribution in [3.05, 3.63) is 90.5 Å². The van der Waals surface area contributed by atoms with Gasteiger partial charge in [0.1, 0.15) is 29.0 Å². The second-order valence-electron chi connectivity index (χ2n) is 7.41. The highest BCUT2D eigenvalue weighted by Gasteiger charge is 2.27. The van der Waals surface area contributed by atoms with Crippen LogP contribution in [0.25, 0.3) is 33.4 Å². The molecule has 4 rings (SSSR count). The first-order chi connectivity index (χ1) is 16.7. The van der Waals surface area contributed by atoms with E-state index >= 15 is 4.39 Å². The summed E-state index contributed by atoms with van der Waals surface area (Å²) in [4.78, 5) is 0. The largest absolute Gasteiger partial charge is 0.496 e. The van der Waals surface area contributed by atoms with Crippen molar-refractivity contribution in [2.24, 2.45) is 0 Å². The van der Waals surface area contributed by atoms with Gasteiger partial charge in [0.2, 0.25) is 0 Å². The summed E-state index contributed by atoms with van der Waals surface area (Å²) in [5, 5.41) is 0.0182. The van der Waals surface area contributed by atoms with Gasteiger partial charge >= 0.3 is 0 Å². The highest BCUT2D eigenvalue weighted by atomic mass is 79.9. The summed E-state index contributed by atoms with van der Waals surface area (Å²) in [5.74, 6) is -1.26. The van der Waals surface area contributed by atoms with E-state index in [1.54, 1.807) is 36.4 Å². The van der Waals surface area contributed by atoms with E-state index in [9.17, 15) is 8.78 Å². The molecular formula is C26H15Br3ClF3O2. The first-order valence-electron chi connectivity index (χ1n) is 10.0. The van der Waals surface area contributed by atoms with Gasteiger partial charge < -0.3 is 9.47 Å². The number of hydrogen-bond donors (Lipinski definition) is 0. The third kappa shape index (κ3) is 4.99. The molecule has 0 aliphatic heterocycles. The van der Waals surface area contributed by atoms with Gasteiger partial charge in [-0.1, -0.05) is 49.5 Å². The molecule has 0 bridgehead atoms. The molecule has 0 aliphatic rings. The summed E-state index contributed by atoms with van der Waals surface area (Å²) < 4.78 is 57.4. The van der Waals surface area contributed by atoms with E-state index in [1.165, 1.54) is 20.3 Å². The molecule has 0 radical (unpaired) electrons. The summed E-state index contributed by atoms with van der Waals surface area (Å²) in [6.45, 7) is 0. The van der Waals surface area contributed by atoms with E-state index in [-0.39, 0.29) is 37.5 Å². The number of benzene rings is 4. The topological polar surface area (TPSA) is 18.5 Å². The minimum atomic E-state index is -0.731. The first kappa shape index (κ1) is 26.1. The zero-order chi connectivity index (χ0) is 25.4. The molecule has 35 heavy (non-hydrogen) atoms. The predicted molar refractivity (Wildman–Crippen MR) is 144 cm³/mol. The number of hydrogen-bond acceptors (Lipinski definition) is 2. The molecule has 0 aromatic heterocycles. The Hall–Kier alpha value is -2.00. The van der Waals surface area contributed by atoms with Gasteiger partial charge in [-0.3, -0.25) is 0 Å². The molecule has 0 saturated heterocycles. The van der Waals surface area contributed by atoms with Crippen molar-refractivity contribution in [2.75, 3.05) is 14.2 Å². The fourth-order valence-corrected chi connectivity index (χ4v) is 5.17. The number of ether oxygens (including phenoxy) is 2. The van der Waals surface area contributed by atoms with E-state index in [4.69, 9.17) is 21.1 Å². The quantitative estimate of drug-likeness (QED) is 0.194. The van der Waals surface area contributed by atoms with Crippen LogP contribution >= 0.6 is 59.4 Å². The third-order valence-corrected chi connectivity index (χ3v) is 7.37. The van der Waals surface area contributed by atoms with Crippen molar-refractivity contribution in [2.45, 2.75) is 0 Å². The molecule has 0 amide bonds. The molecule has 4 aromatic carbocycles. The van der Waals surface area contributed by atoms with Crippen LogP contribution in [0.5, 0.6) is 11.5 Å². The number of methoxy groups -OCH3 is 2. The highest BCUT2D eigenvalue weighted by molar-refractivity contribution is 9.11. The maximum atomic E-state index is 15.3. The molecular weight excluding hydrogens is 676 g/mol. The van der Waals surface area contributed by atoms with Crippen molar-refractivity contribution in [3.63, 3.8) is 0 Å². The van der Waals surface area contributed by atoms with Crippen LogP contribution in [0.3, 0.4) is 0 Å². The maximum absolute atomic E-state index is 15.3. The average Bonchev–Trinajstić information content (AvgIpc) is 2.82. The van der Waals surface area contributed by atoms with E-state index in [1.807, 2.05) is 0 Å². The van der Waals surface area contributed by atoms with E-state index in [2.05, 4.69) is 47.8 Å². The van der Waals surface area contributed by atoms with Crippen molar-refractivity contribution < 1.29 is 22.6 Å². The molecule has 4 aromatic rings. The van der Waals surface area contributed by atoms with Gasteiger partial charge in [0.05, 0.1) is 23.7 Å². The van der Waals surface area contributed by atoms with Gasteiger partial charge in [-0.2, -0.15) is 0 Å². The fraction of sp³-hybridized carbons (Fsp3) is 0.0769. The van der Waals surface area contributed by atoms with E-state index in [0.717, 1.165) is 12.1 Å². The maximum Gasteiger partial charge on any atom is 0.138 e. The Kier molecular flexibility index (Phi) is 7.86. The van der Waals surface area contributed by atoms with Crippen molar-refractivity contribution in [3.8, 4) is 44.9 Å². The average molecular weight is 692 g/mol. The molecule has 0 N–H and O–H groups in total. The smallest absolute Gasteiger partial charge is 0.138 e. The lowest BCUT2D eigenvalue weighted by Crippen LogP contribution is -2.00. The second-order valence-corrected chi connectivity index (χ2v) is 10.5. The summed E-state index contributed by atoms with van der Waals surface area (Å²) >= 11 is 16.6. The standard InChI is InChI=1S/C26H15Br3ClF3O2/c1-34-22-6-4-12(27)7-17(22)24-23(35-2)10-15(14-5-3-13(28)8-19(14)31)26(30)25(24)16-9-21(33)18(29)11-20(16)32/h3-11H,1-2H3. The summed E-state index contributed by atoms with van der Waals surface area (Å²) in [6, 6.07) is 13.4. The molecule has 0 saturated carbocycles. The number of halogens is 7. The van der Waals surface area contributed by atoms with Crippen LogP contribution in [-0.4, -0.2) is 14.2 Å². The van der Waals surface area contributed by atoms with Crippen LogP contribution in [0.2, 0.25) is 5.02 Å². The molecule has 0 aliphatic carbocycles. The monoisotopic (exact) mass is 688 g/mol. The highest BCUT2D eigenvalue weighted by Crippen LogP contribution is 2.51. The molecule has 0 fully saturated rings. The van der Waals surface area contributed by atoms with Gasteiger partial charge in [0, 0.05) is 42.3 Å². The minimum Gasteiger partial charge on any atom is -0.496 e. The van der Waals surface area contributed by atoms with Gasteiger partial charge in [0.25, 0.3) is 0 Å². The second kappa shape index (κ2) is 10.5. The van der Waals surface area contributed by atoms with Crippen LogP contribution in [0.4, 0.5) is 13.2 Å². The van der Waals surface area contributed by atoms with Crippen molar-refractivity contribution in [1.82, 2.24) is 0 Å². The Balaban J connectivity index is 2.20. The van der Waals surface area contributed by atoms with Crippen LogP contribution in [0.15, 0.2) is 68.0 Å². The zero-order valence-corrected chi connectivity index (χ0v) is 23.7.